The Balaban J connectivity index is 2.73. The predicted molar refractivity (Wildman–Crippen MR) is 55.8 cm³/mol. The third-order valence-corrected chi connectivity index (χ3v) is 2.68. The Kier molecular flexibility index (Phi) is 3.83. The third kappa shape index (κ3) is 2.77. The minimum Gasteiger partial charge on any atom is -0.352 e. The van der Waals surface area contributed by atoms with Crippen LogP contribution in [0, 0.1) is 0 Å². The molecule has 0 aliphatic carbocycles. The molecule has 0 saturated heterocycles. The van der Waals surface area contributed by atoms with Crippen LogP contribution >= 0.6 is 11.8 Å². The highest BCUT2D eigenvalue weighted by Gasteiger charge is 2.02. The van der Waals surface area contributed by atoms with Crippen LogP contribution in [-0.2, 0) is 4.79 Å². The van der Waals surface area contributed by atoms with Crippen LogP contribution in [0.3, 0.4) is 0 Å². The third-order valence-electron chi connectivity index (χ3n) is 1.93. The van der Waals surface area contributed by atoms with E-state index in [1.54, 1.807) is 11.8 Å². The van der Waals surface area contributed by atoms with Crippen LogP contribution in [0.15, 0.2) is 29.2 Å². The number of thioether (sulfide) groups is 1. The largest absolute Gasteiger partial charge is 0.352 e. The number of rotatable bonds is 4. The van der Waals surface area contributed by atoms with Gasteiger partial charge in [-0.25, -0.2) is 0 Å². The average molecular weight is 195 g/mol. The molecule has 0 bridgehead atoms. The van der Waals surface area contributed by atoms with E-state index in [9.17, 15) is 4.79 Å². The molecule has 1 aromatic rings. The molecule has 0 aromatic heterocycles. The van der Waals surface area contributed by atoms with Gasteiger partial charge in [-0.2, -0.15) is 0 Å². The van der Waals surface area contributed by atoms with Crippen molar-refractivity contribution in [1.29, 1.82) is 0 Å². The van der Waals surface area contributed by atoms with Gasteiger partial charge in [0.15, 0.2) is 0 Å². The lowest BCUT2D eigenvalue weighted by Crippen LogP contribution is -2.15. The maximum absolute atomic E-state index is 10.2. The number of hydrogen-bond acceptors (Lipinski definition) is 2. The summed E-state index contributed by atoms with van der Waals surface area (Å²) < 4.78 is 0. The molecule has 0 aliphatic rings. The Morgan fingerprint density at radius 1 is 1.38 bits per heavy atom. The summed E-state index contributed by atoms with van der Waals surface area (Å²) in [6.45, 7) is 1.96. The Bertz CT molecular complexity index is 271. The topological polar surface area (TPSA) is 29.1 Å². The minimum absolute atomic E-state index is 0.0911. The van der Waals surface area contributed by atoms with E-state index in [0.29, 0.717) is 0 Å². The molecule has 13 heavy (non-hydrogen) atoms. The van der Waals surface area contributed by atoms with Gasteiger partial charge in [-0.1, -0.05) is 12.1 Å². The van der Waals surface area contributed by atoms with Crippen LogP contribution in [0.25, 0.3) is 0 Å². The summed E-state index contributed by atoms with van der Waals surface area (Å²) >= 11 is 1.71. The molecule has 0 saturated carbocycles. The maximum Gasteiger partial charge on any atom is 0.207 e. The van der Waals surface area contributed by atoms with Crippen LogP contribution < -0.4 is 5.32 Å². The van der Waals surface area contributed by atoms with E-state index in [4.69, 9.17) is 0 Å². The van der Waals surface area contributed by atoms with Gasteiger partial charge >= 0.3 is 0 Å². The zero-order chi connectivity index (χ0) is 9.68. The van der Waals surface area contributed by atoms with Crippen LogP contribution in [-0.4, -0.2) is 12.7 Å². The first-order chi connectivity index (χ1) is 6.27. The second-order valence-electron chi connectivity index (χ2n) is 2.78. The first kappa shape index (κ1) is 10.1. The van der Waals surface area contributed by atoms with E-state index in [0.717, 1.165) is 12.0 Å². The Labute approximate surface area is 82.7 Å². The fourth-order valence-electron chi connectivity index (χ4n) is 1.09. The maximum atomic E-state index is 10.2. The van der Waals surface area contributed by atoms with Crippen molar-refractivity contribution in [2.24, 2.45) is 0 Å². The van der Waals surface area contributed by atoms with Gasteiger partial charge in [-0.05, 0) is 30.9 Å². The Hall–Kier alpha value is -0.960. The molecular weight excluding hydrogens is 182 g/mol. The summed E-state index contributed by atoms with van der Waals surface area (Å²) in [6.07, 6.45) is 2.77. The fraction of sp³-hybridized carbons (Fsp3) is 0.300. The SMILES string of the molecule is CSc1ccc(C(C)NC=O)cc1. The van der Waals surface area contributed by atoms with Crippen LogP contribution in [0.5, 0.6) is 0 Å². The first-order valence-corrected chi connectivity index (χ1v) is 5.34. The molecule has 3 heteroatoms. The van der Waals surface area contributed by atoms with Gasteiger partial charge < -0.3 is 5.32 Å². The summed E-state index contributed by atoms with van der Waals surface area (Å²) in [6, 6.07) is 8.28. The lowest BCUT2D eigenvalue weighted by atomic mass is 10.1. The number of hydrogen-bond donors (Lipinski definition) is 1. The quantitative estimate of drug-likeness (QED) is 0.589. The zero-order valence-electron chi connectivity index (χ0n) is 7.78. The zero-order valence-corrected chi connectivity index (χ0v) is 8.60. The smallest absolute Gasteiger partial charge is 0.207 e. The molecule has 0 aliphatic heterocycles. The van der Waals surface area contributed by atoms with E-state index < -0.39 is 0 Å². The van der Waals surface area contributed by atoms with Crippen molar-refractivity contribution in [2.45, 2.75) is 17.9 Å². The molecule has 2 nitrogen and oxygen atoms in total. The van der Waals surface area contributed by atoms with Crippen molar-refractivity contribution in [3.8, 4) is 0 Å². The van der Waals surface area contributed by atoms with Crippen molar-refractivity contribution in [3.05, 3.63) is 29.8 Å². The van der Waals surface area contributed by atoms with Crippen molar-refractivity contribution in [1.82, 2.24) is 5.32 Å². The number of amides is 1. The van der Waals surface area contributed by atoms with Gasteiger partial charge in [-0.15, -0.1) is 11.8 Å². The van der Waals surface area contributed by atoms with Gasteiger partial charge in [0.1, 0.15) is 0 Å². The molecule has 0 radical (unpaired) electrons. The van der Waals surface area contributed by atoms with E-state index in [1.165, 1.54) is 4.90 Å². The molecule has 1 amide bonds. The molecule has 0 spiro atoms. The first-order valence-electron chi connectivity index (χ1n) is 4.11. The van der Waals surface area contributed by atoms with Crippen molar-refractivity contribution >= 4 is 18.2 Å². The lowest BCUT2D eigenvalue weighted by molar-refractivity contribution is -0.110. The molecule has 1 aromatic carbocycles. The lowest BCUT2D eigenvalue weighted by Gasteiger charge is -2.10. The fourth-order valence-corrected chi connectivity index (χ4v) is 1.50. The van der Waals surface area contributed by atoms with Crippen molar-refractivity contribution in [3.63, 3.8) is 0 Å². The molecule has 0 heterocycles. The van der Waals surface area contributed by atoms with E-state index in [-0.39, 0.29) is 6.04 Å². The minimum atomic E-state index is 0.0911. The molecule has 1 N–H and O–H groups in total. The van der Waals surface area contributed by atoms with Crippen LogP contribution in [0.4, 0.5) is 0 Å². The summed E-state index contributed by atoms with van der Waals surface area (Å²) in [4.78, 5) is 11.4. The van der Waals surface area contributed by atoms with Crippen LogP contribution in [0.1, 0.15) is 18.5 Å². The molecule has 70 valence electrons. The van der Waals surface area contributed by atoms with E-state index in [1.807, 2.05) is 25.3 Å². The van der Waals surface area contributed by atoms with E-state index >= 15 is 0 Å². The molecular formula is C10H13NOS. The molecule has 0 fully saturated rings. The van der Waals surface area contributed by atoms with Gasteiger partial charge in [0, 0.05) is 4.90 Å². The summed E-state index contributed by atoms with van der Waals surface area (Å²) in [7, 11) is 0. The number of carbonyl (C=O) groups excluding carboxylic acids is 1. The predicted octanol–water partition coefficient (Wildman–Crippen LogP) is 2.22. The number of benzene rings is 1. The number of nitrogens with one attached hydrogen (secondary N) is 1. The monoisotopic (exact) mass is 195 g/mol. The van der Waals surface area contributed by atoms with Crippen LogP contribution in [0.2, 0.25) is 0 Å². The normalized spacial score (nSPS) is 12.2. The Morgan fingerprint density at radius 3 is 2.46 bits per heavy atom. The highest BCUT2D eigenvalue weighted by Crippen LogP contribution is 2.18. The van der Waals surface area contributed by atoms with Crippen molar-refractivity contribution in [2.75, 3.05) is 6.26 Å². The highest BCUT2D eigenvalue weighted by atomic mass is 32.2. The molecule has 1 rings (SSSR count). The Morgan fingerprint density at radius 2 is 2.00 bits per heavy atom. The summed E-state index contributed by atoms with van der Waals surface area (Å²) in [5, 5.41) is 2.71. The van der Waals surface area contributed by atoms with Gasteiger partial charge in [0.2, 0.25) is 6.41 Å². The molecule has 1 unspecified atom stereocenters. The second-order valence-corrected chi connectivity index (χ2v) is 3.66. The standard InChI is InChI=1S/C10H13NOS/c1-8(11-7-12)9-3-5-10(13-2)6-4-9/h3-8H,1-2H3,(H,11,12). The number of carbonyl (C=O) groups is 1. The second kappa shape index (κ2) is 4.92. The molecule has 1 atom stereocenters. The van der Waals surface area contributed by atoms with E-state index in [2.05, 4.69) is 17.4 Å². The average Bonchev–Trinajstić information content (AvgIpc) is 2.18. The van der Waals surface area contributed by atoms with Gasteiger partial charge in [-0.3, -0.25) is 4.79 Å². The van der Waals surface area contributed by atoms with Crippen molar-refractivity contribution < 1.29 is 4.79 Å². The summed E-state index contributed by atoms with van der Waals surface area (Å²) in [5.41, 5.74) is 1.13. The van der Waals surface area contributed by atoms with Gasteiger partial charge in [0.25, 0.3) is 0 Å². The van der Waals surface area contributed by atoms with Gasteiger partial charge in [0.05, 0.1) is 6.04 Å². The summed E-state index contributed by atoms with van der Waals surface area (Å²) in [5.74, 6) is 0. The highest BCUT2D eigenvalue weighted by molar-refractivity contribution is 7.98.